The zero-order valence-electron chi connectivity index (χ0n) is 20.8. The van der Waals surface area contributed by atoms with Gasteiger partial charge in [0.2, 0.25) is 0 Å². The second-order valence-electron chi connectivity index (χ2n) is 12.7. The number of ether oxygens (including phenoxy) is 2. The quantitative estimate of drug-likeness (QED) is 0.484. The van der Waals surface area contributed by atoms with E-state index < -0.39 is 22.4 Å². The van der Waals surface area contributed by atoms with Gasteiger partial charge in [0.15, 0.2) is 12.1 Å². The monoisotopic (exact) mass is 478 g/mol. The van der Waals surface area contributed by atoms with Crippen LogP contribution in [-0.2, 0) is 14.3 Å². The van der Waals surface area contributed by atoms with E-state index in [1.807, 2.05) is 0 Å². The van der Waals surface area contributed by atoms with Crippen LogP contribution in [0.5, 0.6) is 0 Å². The van der Waals surface area contributed by atoms with E-state index in [9.17, 15) is 15.0 Å². The van der Waals surface area contributed by atoms with Crippen LogP contribution in [-0.4, -0.2) is 46.7 Å². The van der Waals surface area contributed by atoms with Crippen LogP contribution >= 0.6 is 0 Å². The highest BCUT2D eigenvalue weighted by molar-refractivity contribution is 5.66. The number of rotatable bonds is 3. The Hall–Kier alpha value is -1.53. The second kappa shape index (κ2) is 7.50. The normalized spacial score (nSPS) is 44.1. The molecule has 5 heteroatoms. The summed E-state index contributed by atoms with van der Waals surface area (Å²) in [4.78, 5) is 12.2. The van der Waals surface area contributed by atoms with Crippen LogP contribution in [0.25, 0.3) is 0 Å². The maximum atomic E-state index is 12.2. The van der Waals surface area contributed by atoms with Crippen LogP contribution in [0.15, 0.2) is 35.4 Å². The Morgan fingerprint density at radius 3 is 2.34 bits per heavy atom. The first-order valence-corrected chi connectivity index (χ1v) is 13.8. The van der Waals surface area contributed by atoms with Gasteiger partial charge in [-0.1, -0.05) is 36.8 Å². The van der Waals surface area contributed by atoms with Crippen molar-refractivity contribution in [1.82, 2.24) is 0 Å². The molecule has 0 bridgehead atoms. The summed E-state index contributed by atoms with van der Waals surface area (Å²) in [6, 6.07) is 9.13. The van der Waals surface area contributed by atoms with Crippen LogP contribution in [0.1, 0.15) is 94.1 Å². The predicted molar refractivity (Wildman–Crippen MR) is 131 cm³/mol. The van der Waals surface area contributed by atoms with Crippen LogP contribution in [0.2, 0.25) is 0 Å². The number of allylic oxidation sites excluding steroid dienone is 1. The molecule has 6 aliphatic rings. The Kier molecular flexibility index (Phi) is 4.86. The lowest BCUT2D eigenvalue weighted by Crippen LogP contribution is -2.56. The Morgan fingerprint density at radius 2 is 1.66 bits per heavy atom. The molecule has 1 unspecified atom stereocenters. The number of carbonyl (C=O) groups is 1. The largest absolute Gasteiger partial charge is 0.385 e. The van der Waals surface area contributed by atoms with Crippen LogP contribution in [0, 0.1) is 17.3 Å². The van der Waals surface area contributed by atoms with Gasteiger partial charge in [0, 0.05) is 24.2 Å². The second-order valence-corrected chi connectivity index (χ2v) is 12.7. The fraction of sp³-hybridized carbons (Fsp3) is 0.700. The van der Waals surface area contributed by atoms with Crippen LogP contribution in [0.3, 0.4) is 0 Å². The van der Waals surface area contributed by atoms with E-state index >= 15 is 0 Å². The summed E-state index contributed by atoms with van der Waals surface area (Å²) in [7, 11) is 0. The third-order valence-electron chi connectivity index (χ3n) is 11.0. The first-order chi connectivity index (χ1) is 16.8. The summed E-state index contributed by atoms with van der Waals surface area (Å²) in [6.45, 7) is 3.36. The molecule has 1 spiro atoms. The lowest BCUT2D eigenvalue weighted by Gasteiger charge is -2.57. The minimum Gasteiger partial charge on any atom is -0.385 e. The highest BCUT2D eigenvalue weighted by Gasteiger charge is 2.65. The Bertz CT molecular complexity index is 1070. The van der Waals surface area contributed by atoms with Crippen molar-refractivity contribution < 1.29 is 24.5 Å². The fourth-order valence-electron chi connectivity index (χ4n) is 8.96. The molecule has 2 N–H and O–H groups in total. The van der Waals surface area contributed by atoms with Crippen LogP contribution in [0.4, 0.5) is 0 Å². The molecular weight excluding hydrogens is 440 g/mol. The molecule has 1 heterocycles. The number of hydrogen-bond acceptors (Lipinski definition) is 5. The standard InChI is InChI=1S/C30H38O5/c1-27-16-23(21-6-4-20(5-7-21)19-2-3-19)26-22(24(27)9-12-29(27,33)18-31)8-11-28(32)17-30(13-10-25(26)28)34-14-15-35-30/h4-7,18-19,22-24,32-33H,2-3,8-17H2,1H3/t22-,23+,24-,27-,28+,29?/m0/s1. The first-order valence-electron chi connectivity index (χ1n) is 13.8. The van der Waals surface area contributed by atoms with Crippen molar-refractivity contribution in [2.45, 2.75) is 100.0 Å². The number of fused-ring (bicyclic) bond motifs is 4. The topological polar surface area (TPSA) is 76.0 Å². The smallest absolute Gasteiger partial charge is 0.171 e. The third kappa shape index (κ3) is 3.17. The van der Waals surface area contributed by atoms with Crippen molar-refractivity contribution in [3.63, 3.8) is 0 Å². The van der Waals surface area contributed by atoms with E-state index in [0.29, 0.717) is 44.3 Å². The van der Waals surface area contributed by atoms with E-state index in [2.05, 4.69) is 31.2 Å². The first kappa shape index (κ1) is 22.7. The van der Waals surface area contributed by atoms with Gasteiger partial charge in [0.1, 0.15) is 5.60 Å². The molecule has 5 fully saturated rings. The predicted octanol–water partition coefficient (Wildman–Crippen LogP) is 4.76. The Balaban J connectivity index is 1.35. The molecular formula is C30H38O5. The molecule has 5 aliphatic carbocycles. The lowest BCUT2D eigenvalue weighted by molar-refractivity contribution is -0.208. The van der Waals surface area contributed by atoms with E-state index in [-0.39, 0.29) is 11.8 Å². The third-order valence-corrected chi connectivity index (χ3v) is 11.0. The summed E-state index contributed by atoms with van der Waals surface area (Å²) in [5, 5.41) is 23.6. The molecule has 1 aromatic carbocycles. The fourth-order valence-corrected chi connectivity index (χ4v) is 8.96. The average molecular weight is 479 g/mol. The minimum absolute atomic E-state index is 0.111. The summed E-state index contributed by atoms with van der Waals surface area (Å²) in [5.41, 5.74) is 2.68. The van der Waals surface area contributed by atoms with E-state index in [4.69, 9.17) is 9.47 Å². The zero-order chi connectivity index (χ0) is 24.1. The number of hydrogen-bond donors (Lipinski definition) is 2. The van der Waals surface area contributed by atoms with E-state index in [1.165, 1.54) is 35.1 Å². The molecule has 5 nitrogen and oxygen atoms in total. The zero-order valence-corrected chi connectivity index (χ0v) is 20.8. The summed E-state index contributed by atoms with van der Waals surface area (Å²) < 4.78 is 12.1. The highest BCUT2D eigenvalue weighted by atomic mass is 16.7. The van der Waals surface area contributed by atoms with E-state index in [1.54, 1.807) is 0 Å². The van der Waals surface area contributed by atoms with Crippen molar-refractivity contribution in [1.29, 1.82) is 0 Å². The molecule has 7 rings (SSSR count). The molecule has 1 aromatic rings. The highest BCUT2D eigenvalue weighted by Crippen LogP contribution is 2.67. The maximum absolute atomic E-state index is 12.2. The molecule has 0 radical (unpaired) electrons. The molecule has 35 heavy (non-hydrogen) atoms. The Labute approximate surface area is 207 Å². The Morgan fingerprint density at radius 1 is 0.943 bits per heavy atom. The summed E-state index contributed by atoms with van der Waals surface area (Å²) in [6.07, 6.45) is 9.23. The number of carbonyl (C=O) groups excluding carboxylic acids is 1. The molecule has 6 atom stereocenters. The summed E-state index contributed by atoms with van der Waals surface area (Å²) in [5.74, 6) is 0.747. The number of benzene rings is 1. The van der Waals surface area contributed by atoms with Gasteiger partial charge < -0.3 is 24.5 Å². The molecule has 188 valence electrons. The van der Waals surface area contributed by atoms with Gasteiger partial charge in [-0.25, -0.2) is 0 Å². The van der Waals surface area contributed by atoms with Gasteiger partial charge in [-0.3, -0.25) is 0 Å². The van der Waals surface area contributed by atoms with Crippen molar-refractivity contribution in [2.24, 2.45) is 17.3 Å². The lowest BCUT2D eigenvalue weighted by atomic mass is 9.49. The van der Waals surface area contributed by atoms with Crippen molar-refractivity contribution >= 4 is 6.29 Å². The molecule has 1 saturated heterocycles. The van der Waals surface area contributed by atoms with Gasteiger partial charge in [0.25, 0.3) is 0 Å². The molecule has 1 aliphatic heterocycles. The average Bonchev–Trinajstić information content (AvgIpc) is 3.56. The summed E-state index contributed by atoms with van der Waals surface area (Å²) >= 11 is 0. The van der Waals surface area contributed by atoms with Gasteiger partial charge >= 0.3 is 0 Å². The van der Waals surface area contributed by atoms with Gasteiger partial charge in [-0.2, -0.15) is 0 Å². The van der Waals surface area contributed by atoms with Gasteiger partial charge in [0.05, 0.1) is 18.8 Å². The van der Waals surface area contributed by atoms with Crippen molar-refractivity contribution in [3.8, 4) is 0 Å². The number of aliphatic hydroxyl groups is 2. The minimum atomic E-state index is -1.27. The van der Waals surface area contributed by atoms with Crippen molar-refractivity contribution in [2.75, 3.05) is 13.2 Å². The van der Waals surface area contributed by atoms with Crippen LogP contribution < -0.4 is 0 Å². The molecule has 0 aromatic heterocycles. The van der Waals surface area contributed by atoms with E-state index in [0.717, 1.165) is 38.4 Å². The maximum Gasteiger partial charge on any atom is 0.171 e. The van der Waals surface area contributed by atoms with Gasteiger partial charge in [-0.15, -0.1) is 0 Å². The van der Waals surface area contributed by atoms with Gasteiger partial charge in [-0.05, 0) is 85.8 Å². The SMILES string of the molecule is C[C@]12C[C@H](c3ccc(C4CC4)cc3)C3=C4CCC5(C[C@]4(O)CC[C@H]3[C@@H]1CCC2(O)C=O)OCCO5. The van der Waals surface area contributed by atoms with Crippen molar-refractivity contribution in [3.05, 3.63) is 46.5 Å². The molecule has 0 amide bonds. The molecule has 4 saturated carbocycles. The number of aldehydes is 1.